The number of phenolic OH excluding ortho intramolecular Hbond substituents is 2. The van der Waals surface area contributed by atoms with Gasteiger partial charge >= 0.3 is 0 Å². The summed E-state index contributed by atoms with van der Waals surface area (Å²) in [6.07, 6.45) is 14.7. The fraction of sp³-hybridized carbons (Fsp3) is 0.533. The number of aryl methyl sites for hydroxylation is 2. The van der Waals surface area contributed by atoms with Crippen LogP contribution in [-0.4, -0.2) is 26.3 Å². The Morgan fingerprint density at radius 1 is 0.706 bits per heavy atom. The Kier molecular flexibility index (Phi) is 11.2. The Labute approximate surface area is 210 Å². The summed E-state index contributed by atoms with van der Waals surface area (Å²) in [5, 5.41) is 20.9. The third kappa shape index (κ3) is 7.73. The summed E-state index contributed by atoms with van der Waals surface area (Å²) in [6.45, 7) is 5.38. The topological polar surface area (TPSA) is 45.4 Å². The number of unbranched alkanes of at least 4 members (excludes halogenated alkanes) is 9. The highest BCUT2D eigenvalue weighted by Crippen LogP contribution is 2.36. The van der Waals surface area contributed by atoms with E-state index in [4.69, 9.17) is 0 Å². The largest absolute Gasteiger partial charge is 0.508 e. The van der Waals surface area contributed by atoms with Crippen molar-refractivity contribution < 1.29 is 10.2 Å². The van der Waals surface area contributed by atoms with Gasteiger partial charge in [-0.25, -0.2) is 0 Å². The predicted octanol–water partition coefficient (Wildman–Crippen LogP) is 9.07. The van der Waals surface area contributed by atoms with Crippen molar-refractivity contribution in [3.05, 3.63) is 48.0 Å². The van der Waals surface area contributed by atoms with Crippen LogP contribution in [0.3, 0.4) is 0 Å². The van der Waals surface area contributed by atoms with E-state index in [1.54, 1.807) is 18.2 Å². The number of thioether (sulfide) groups is 1. The molecule has 0 aliphatic heterocycles. The van der Waals surface area contributed by atoms with E-state index in [2.05, 4.69) is 30.2 Å². The highest BCUT2D eigenvalue weighted by atomic mass is 32.2. The van der Waals surface area contributed by atoms with Crippen LogP contribution in [0.25, 0.3) is 22.2 Å². The molecule has 0 unspecified atom stereocenters. The summed E-state index contributed by atoms with van der Waals surface area (Å²) in [6, 6.07) is 13.1. The average molecular weight is 482 g/mol. The van der Waals surface area contributed by atoms with E-state index >= 15 is 0 Å². The van der Waals surface area contributed by atoms with E-state index in [0.29, 0.717) is 5.75 Å². The first-order chi connectivity index (χ1) is 16.6. The smallest absolute Gasteiger partial charge is 0.116 e. The molecule has 3 rings (SSSR count). The van der Waals surface area contributed by atoms with Crippen molar-refractivity contribution in [1.82, 2.24) is 4.57 Å². The Hall–Kier alpha value is -2.07. The van der Waals surface area contributed by atoms with Crippen LogP contribution >= 0.6 is 11.8 Å². The second-order valence-corrected chi connectivity index (χ2v) is 10.7. The standard InChI is InChI=1S/C30H43NO2S/c1-3-4-12-21-34-22-13-10-8-6-5-7-9-11-20-31-29-19-18-27(33)23-28(29)24(2)30(31)25-14-16-26(32)17-15-25/h14-19,23,32-33H,3-13,20-22H2,1-2H3. The van der Waals surface area contributed by atoms with Crippen LogP contribution in [0.4, 0.5) is 0 Å². The molecule has 2 N–H and O–H groups in total. The summed E-state index contributed by atoms with van der Waals surface area (Å²) in [5.41, 5.74) is 4.65. The maximum atomic E-state index is 10.0. The Morgan fingerprint density at radius 2 is 1.29 bits per heavy atom. The lowest BCUT2D eigenvalue weighted by Gasteiger charge is -2.12. The molecule has 4 heteroatoms. The van der Waals surface area contributed by atoms with Gasteiger partial charge in [-0.05, 0) is 91.3 Å². The minimum absolute atomic E-state index is 0.285. The predicted molar refractivity (Wildman–Crippen MR) is 149 cm³/mol. The Morgan fingerprint density at radius 3 is 1.97 bits per heavy atom. The van der Waals surface area contributed by atoms with Gasteiger partial charge in [-0.1, -0.05) is 58.3 Å². The molecule has 3 nitrogen and oxygen atoms in total. The maximum absolute atomic E-state index is 10.0. The van der Waals surface area contributed by atoms with E-state index in [-0.39, 0.29) is 5.75 Å². The van der Waals surface area contributed by atoms with E-state index < -0.39 is 0 Å². The molecule has 0 saturated heterocycles. The molecule has 0 aliphatic carbocycles. The number of rotatable bonds is 16. The van der Waals surface area contributed by atoms with Crippen molar-refractivity contribution in [3.63, 3.8) is 0 Å². The molecule has 0 amide bonds. The first kappa shape index (κ1) is 26.5. The van der Waals surface area contributed by atoms with Crippen LogP contribution in [0, 0.1) is 6.92 Å². The molecule has 0 fully saturated rings. The van der Waals surface area contributed by atoms with Crippen LogP contribution in [-0.2, 0) is 6.54 Å². The molecule has 0 bridgehead atoms. The van der Waals surface area contributed by atoms with E-state index in [1.165, 1.54) is 92.5 Å². The summed E-state index contributed by atoms with van der Waals surface area (Å²) in [5.74, 6) is 3.28. The second-order valence-electron chi connectivity index (χ2n) is 9.52. The number of benzene rings is 2. The van der Waals surface area contributed by atoms with Gasteiger partial charge in [0.25, 0.3) is 0 Å². The molecule has 1 heterocycles. The number of hydrogen-bond acceptors (Lipinski definition) is 3. The zero-order valence-electron chi connectivity index (χ0n) is 21.2. The SMILES string of the molecule is CCCCCSCCCCCCCCCCn1c(-c2ccc(O)cc2)c(C)c2cc(O)ccc21. The first-order valence-electron chi connectivity index (χ1n) is 13.3. The Bertz CT molecular complexity index is 993. The number of hydrogen-bond donors (Lipinski definition) is 2. The van der Waals surface area contributed by atoms with E-state index in [0.717, 1.165) is 23.9 Å². The lowest BCUT2D eigenvalue weighted by Crippen LogP contribution is -2.01. The highest BCUT2D eigenvalue weighted by molar-refractivity contribution is 7.99. The van der Waals surface area contributed by atoms with Gasteiger partial charge in [-0.2, -0.15) is 11.8 Å². The zero-order chi connectivity index (χ0) is 24.2. The van der Waals surface area contributed by atoms with Gasteiger partial charge in [0, 0.05) is 17.4 Å². The van der Waals surface area contributed by atoms with Crippen LogP contribution in [0.15, 0.2) is 42.5 Å². The Balaban J connectivity index is 1.44. The van der Waals surface area contributed by atoms with E-state index in [9.17, 15) is 10.2 Å². The van der Waals surface area contributed by atoms with Gasteiger partial charge in [0.2, 0.25) is 0 Å². The van der Waals surface area contributed by atoms with Gasteiger partial charge in [-0.15, -0.1) is 0 Å². The molecule has 0 aliphatic rings. The van der Waals surface area contributed by atoms with Crippen LogP contribution in [0.1, 0.15) is 83.1 Å². The first-order valence-corrected chi connectivity index (χ1v) is 14.5. The minimum atomic E-state index is 0.285. The highest BCUT2D eigenvalue weighted by Gasteiger charge is 2.16. The van der Waals surface area contributed by atoms with Gasteiger partial charge in [0.1, 0.15) is 11.5 Å². The molecule has 0 radical (unpaired) electrons. The molecule has 34 heavy (non-hydrogen) atoms. The number of aromatic nitrogens is 1. The van der Waals surface area contributed by atoms with Gasteiger partial charge < -0.3 is 14.8 Å². The molecule has 0 saturated carbocycles. The number of nitrogens with zero attached hydrogens (tertiary/aromatic N) is 1. The van der Waals surface area contributed by atoms with Crippen molar-refractivity contribution in [2.45, 2.75) is 91.0 Å². The average Bonchev–Trinajstić information content (AvgIpc) is 3.10. The monoisotopic (exact) mass is 481 g/mol. The summed E-state index contributed by atoms with van der Waals surface area (Å²) in [4.78, 5) is 0. The summed E-state index contributed by atoms with van der Waals surface area (Å²) < 4.78 is 2.40. The van der Waals surface area contributed by atoms with Crippen molar-refractivity contribution in [1.29, 1.82) is 0 Å². The van der Waals surface area contributed by atoms with E-state index in [1.807, 2.05) is 24.3 Å². The van der Waals surface area contributed by atoms with Crippen molar-refractivity contribution in [2.75, 3.05) is 11.5 Å². The quantitative estimate of drug-likeness (QED) is 0.201. The van der Waals surface area contributed by atoms with Crippen molar-refractivity contribution in [2.24, 2.45) is 0 Å². The molecule has 2 aromatic carbocycles. The molecular weight excluding hydrogens is 438 g/mol. The number of fused-ring (bicyclic) bond motifs is 1. The second kappa shape index (κ2) is 14.4. The lowest BCUT2D eigenvalue weighted by atomic mass is 10.1. The third-order valence-electron chi connectivity index (χ3n) is 6.75. The molecule has 0 spiro atoms. The van der Waals surface area contributed by atoms with Gasteiger partial charge in [0.05, 0.1) is 5.69 Å². The van der Waals surface area contributed by atoms with Crippen molar-refractivity contribution in [3.8, 4) is 22.8 Å². The zero-order valence-corrected chi connectivity index (χ0v) is 22.0. The van der Waals surface area contributed by atoms with Gasteiger partial charge in [-0.3, -0.25) is 0 Å². The van der Waals surface area contributed by atoms with Crippen LogP contribution in [0.2, 0.25) is 0 Å². The third-order valence-corrected chi connectivity index (χ3v) is 7.91. The van der Waals surface area contributed by atoms with Crippen LogP contribution < -0.4 is 0 Å². The number of aromatic hydroxyl groups is 2. The molecular formula is C30H43NO2S. The summed E-state index contributed by atoms with van der Waals surface area (Å²) in [7, 11) is 0. The van der Waals surface area contributed by atoms with Gasteiger partial charge in [0.15, 0.2) is 0 Å². The molecule has 1 aromatic heterocycles. The number of phenols is 2. The fourth-order valence-corrected chi connectivity index (χ4v) is 5.85. The summed E-state index contributed by atoms with van der Waals surface area (Å²) >= 11 is 2.14. The lowest BCUT2D eigenvalue weighted by molar-refractivity contribution is 0.475. The molecule has 186 valence electrons. The minimum Gasteiger partial charge on any atom is -0.508 e. The maximum Gasteiger partial charge on any atom is 0.116 e. The van der Waals surface area contributed by atoms with Crippen molar-refractivity contribution >= 4 is 22.7 Å². The van der Waals surface area contributed by atoms with Crippen LogP contribution in [0.5, 0.6) is 11.5 Å². The fourth-order valence-electron chi connectivity index (χ4n) is 4.82. The normalized spacial score (nSPS) is 11.5. The molecule has 3 aromatic rings. The molecule has 0 atom stereocenters.